The second-order valence-corrected chi connectivity index (χ2v) is 24.0. The highest BCUT2D eigenvalue weighted by atomic mass is 16.6. The molecule has 1 saturated heterocycles. The van der Waals surface area contributed by atoms with E-state index >= 15 is 0 Å². The van der Waals surface area contributed by atoms with Gasteiger partial charge in [-0.15, -0.1) is 0 Å². The van der Waals surface area contributed by atoms with Crippen LogP contribution in [0.15, 0.2) is 0 Å². The number of rotatable bonds is 60. The van der Waals surface area contributed by atoms with Crippen LogP contribution in [0.2, 0.25) is 0 Å². The Hall–Kier alpha value is -4.69. The van der Waals surface area contributed by atoms with Crippen LogP contribution in [-0.2, 0) is 57.4 Å². The molecule has 0 bridgehead atoms. The molecular formula is C67H122N6O14. The average Bonchev–Trinajstić information content (AvgIpc) is 3.67. The third-order valence-corrected chi connectivity index (χ3v) is 16.2. The van der Waals surface area contributed by atoms with Gasteiger partial charge in [0.15, 0.2) is 11.8 Å². The Balaban J connectivity index is 2.46. The van der Waals surface area contributed by atoms with E-state index in [1.807, 2.05) is 4.90 Å². The molecule has 2 unspecified atom stereocenters. The van der Waals surface area contributed by atoms with Crippen LogP contribution in [0.3, 0.4) is 0 Å². The smallest absolute Gasteiger partial charge is 0.332 e. The van der Waals surface area contributed by atoms with Crippen molar-refractivity contribution >= 4 is 53.2 Å². The summed E-state index contributed by atoms with van der Waals surface area (Å²) in [6.07, 6.45) is 45.5. The summed E-state index contributed by atoms with van der Waals surface area (Å²) in [5.74, 6) is -6.08. The Labute approximate surface area is 524 Å². The quantitative estimate of drug-likeness (QED) is 0.0244. The normalized spacial score (nSPS) is 13.6. The summed E-state index contributed by atoms with van der Waals surface area (Å²) in [7, 11) is 0. The first-order chi connectivity index (χ1) is 42.3. The van der Waals surface area contributed by atoms with Crippen LogP contribution in [0.1, 0.15) is 284 Å². The molecule has 0 aromatic heterocycles. The number of esters is 2. The van der Waals surface area contributed by atoms with Gasteiger partial charge in [0, 0.05) is 32.5 Å². The number of ether oxygens (including phenoxy) is 3. The summed E-state index contributed by atoms with van der Waals surface area (Å²) in [6.45, 7) is 4.10. The summed E-state index contributed by atoms with van der Waals surface area (Å²) in [6, 6.07) is -3.87. The van der Waals surface area contributed by atoms with Gasteiger partial charge in [-0.1, -0.05) is 239 Å². The number of nitrogens with zero attached hydrogens (tertiary/aromatic N) is 2. The van der Waals surface area contributed by atoms with Crippen LogP contribution in [0, 0.1) is 0 Å². The maximum Gasteiger partial charge on any atom is 0.332 e. The molecule has 0 spiro atoms. The Morgan fingerprint density at radius 3 is 1.39 bits per heavy atom. The maximum absolute atomic E-state index is 13.4. The molecule has 20 heteroatoms. The molecule has 1 fully saturated rings. The van der Waals surface area contributed by atoms with Crippen molar-refractivity contribution < 1.29 is 67.6 Å². The molecule has 0 saturated carbocycles. The fourth-order valence-corrected chi connectivity index (χ4v) is 10.8. The summed E-state index contributed by atoms with van der Waals surface area (Å²) in [5, 5.41) is 28.9. The fraction of sp³-hybridized carbons (Fsp3) is 0.866. The highest BCUT2D eigenvalue weighted by molar-refractivity contribution is 5.95. The molecule has 0 radical (unpaired) electrons. The van der Waals surface area contributed by atoms with Crippen molar-refractivity contribution in [1.82, 2.24) is 31.1 Å². The van der Waals surface area contributed by atoms with E-state index in [9.17, 15) is 53.4 Å². The van der Waals surface area contributed by atoms with E-state index in [0.717, 1.165) is 64.2 Å². The van der Waals surface area contributed by atoms with Crippen molar-refractivity contribution in [2.45, 2.75) is 302 Å². The van der Waals surface area contributed by atoms with Crippen LogP contribution in [0.25, 0.3) is 0 Å². The van der Waals surface area contributed by atoms with E-state index in [-0.39, 0.29) is 44.9 Å². The monoisotopic (exact) mass is 1230 g/mol. The summed E-state index contributed by atoms with van der Waals surface area (Å²) < 4.78 is 15.7. The number of hydrogen-bond acceptors (Lipinski definition) is 14. The van der Waals surface area contributed by atoms with Crippen molar-refractivity contribution in [2.75, 3.05) is 72.4 Å². The third-order valence-electron chi connectivity index (χ3n) is 16.2. The van der Waals surface area contributed by atoms with Gasteiger partial charge >= 0.3 is 11.9 Å². The highest BCUT2D eigenvalue weighted by Crippen LogP contribution is 2.19. The Kier molecular flexibility index (Phi) is 52.2. The predicted octanol–water partition coefficient (Wildman–Crippen LogP) is 9.94. The lowest BCUT2D eigenvalue weighted by molar-refractivity contribution is -0.154. The van der Waals surface area contributed by atoms with Crippen LogP contribution in [0.5, 0.6) is 0 Å². The lowest BCUT2D eigenvalue weighted by Crippen LogP contribution is -2.56. The van der Waals surface area contributed by atoms with E-state index in [0.29, 0.717) is 25.9 Å². The first-order valence-electron chi connectivity index (χ1n) is 34.7. The van der Waals surface area contributed by atoms with Crippen molar-refractivity contribution in [2.24, 2.45) is 0 Å². The molecule has 6 N–H and O–H groups in total. The number of ketones is 1. The van der Waals surface area contributed by atoms with Crippen LogP contribution in [0.4, 0.5) is 0 Å². The average molecular weight is 1240 g/mol. The summed E-state index contributed by atoms with van der Waals surface area (Å²) >= 11 is 0. The fourth-order valence-electron chi connectivity index (χ4n) is 10.8. The molecule has 1 rings (SSSR count). The lowest BCUT2D eigenvalue weighted by atomic mass is 10.0. The van der Waals surface area contributed by atoms with Crippen molar-refractivity contribution in [3.05, 3.63) is 0 Å². The SMILES string of the molecule is CCCCCCCCCCCCCCCCCCN(CCCCCCCCCCCCCCCCCC)C(=O)COCC(=O)OCC(=O)CCC(=O)NCC(=O)N1CCC[C@H]1C(=O)NC(CO)C(=O)NCC(=O)NC(CO)C(=O)OCCCCCCC. The first kappa shape index (κ1) is 80.3. The maximum atomic E-state index is 13.4. The van der Waals surface area contributed by atoms with Gasteiger partial charge in [0.2, 0.25) is 35.4 Å². The number of carbonyl (C=O) groups is 9. The van der Waals surface area contributed by atoms with Crippen LogP contribution >= 0.6 is 0 Å². The third kappa shape index (κ3) is 44.4. The minimum absolute atomic E-state index is 0.133. The Bertz CT molecular complexity index is 1810. The van der Waals surface area contributed by atoms with Gasteiger partial charge in [-0.25, -0.2) is 9.59 Å². The van der Waals surface area contributed by atoms with E-state index in [4.69, 9.17) is 14.2 Å². The number of unbranched alkanes of at least 4 members (excludes halogenated alkanes) is 34. The molecule has 3 atom stereocenters. The van der Waals surface area contributed by atoms with Gasteiger partial charge in [0.1, 0.15) is 31.9 Å². The summed E-state index contributed by atoms with van der Waals surface area (Å²) in [5.41, 5.74) is 0. The molecule has 20 nitrogen and oxygen atoms in total. The molecule has 0 aromatic carbocycles. The minimum Gasteiger partial charge on any atom is -0.464 e. The molecule has 1 aliphatic heterocycles. The Morgan fingerprint density at radius 2 is 0.931 bits per heavy atom. The number of aliphatic hydroxyl groups excluding tert-OH is 2. The largest absolute Gasteiger partial charge is 0.464 e. The Morgan fingerprint density at radius 1 is 0.483 bits per heavy atom. The van der Waals surface area contributed by atoms with Gasteiger partial charge < -0.3 is 55.5 Å². The molecular weight excluding hydrogens is 1110 g/mol. The van der Waals surface area contributed by atoms with Gasteiger partial charge in [-0.2, -0.15) is 0 Å². The van der Waals surface area contributed by atoms with Gasteiger partial charge in [0.25, 0.3) is 0 Å². The van der Waals surface area contributed by atoms with E-state index < -0.39 is 105 Å². The van der Waals surface area contributed by atoms with Gasteiger partial charge in [-0.3, -0.25) is 33.6 Å². The summed E-state index contributed by atoms with van der Waals surface area (Å²) in [4.78, 5) is 118. The number of aliphatic hydroxyl groups is 2. The number of nitrogens with one attached hydrogen (secondary N) is 4. The number of carbonyl (C=O) groups excluding carboxylic acids is 9. The topological polar surface area (TPSA) is 276 Å². The second-order valence-electron chi connectivity index (χ2n) is 24.0. The van der Waals surface area contributed by atoms with E-state index in [1.165, 1.54) is 172 Å². The number of amides is 6. The van der Waals surface area contributed by atoms with E-state index in [2.05, 4.69) is 42.0 Å². The molecule has 1 aliphatic rings. The van der Waals surface area contributed by atoms with Gasteiger partial charge in [0.05, 0.1) is 32.9 Å². The molecule has 87 heavy (non-hydrogen) atoms. The standard InChI is InChI=1S/C67H122N6O14/c1-4-7-10-13-15-17-19-21-23-25-27-29-31-33-35-38-45-72(46-39-36-34-32-30-28-26-24-22-20-18-16-14-11-8-5-2)63(80)54-85-55-64(81)87-53-56(76)43-44-60(77)68-50-62(79)73-47-41-42-59(73)66(83)71-57(51-74)65(82)69-49-61(78)70-58(52-75)67(84)86-48-40-37-12-9-6-3/h57-59,74-75H,4-55H2,1-3H3,(H,68,77)(H,69,82)(H,70,78)(H,71,83)/t57?,58?,59-/m0/s1. The van der Waals surface area contributed by atoms with Crippen molar-refractivity contribution in [3.8, 4) is 0 Å². The zero-order valence-corrected chi connectivity index (χ0v) is 54.7. The number of hydrogen-bond donors (Lipinski definition) is 6. The minimum atomic E-state index is -1.50. The molecule has 504 valence electrons. The second kappa shape index (κ2) is 56.5. The number of Topliss-reactive ketones (excluding diaryl/α,β-unsaturated/α-hetero) is 1. The first-order valence-corrected chi connectivity index (χ1v) is 34.7. The van der Waals surface area contributed by atoms with Crippen LogP contribution < -0.4 is 21.3 Å². The highest BCUT2D eigenvalue weighted by Gasteiger charge is 2.36. The van der Waals surface area contributed by atoms with Crippen LogP contribution in [-0.4, -0.2) is 164 Å². The molecule has 6 amide bonds. The van der Waals surface area contributed by atoms with Crippen molar-refractivity contribution in [1.29, 1.82) is 0 Å². The van der Waals surface area contributed by atoms with Crippen molar-refractivity contribution in [3.63, 3.8) is 0 Å². The number of likely N-dealkylation sites (tertiary alicyclic amines) is 1. The molecule has 1 heterocycles. The predicted molar refractivity (Wildman–Crippen MR) is 340 cm³/mol. The zero-order valence-electron chi connectivity index (χ0n) is 54.7. The molecule has 0 aromatic rings. The van der Waals surface area contributed by atoms with E-state index in [1.54, 1.807) is 0 Å². The molecule has 0 aliphatic carbocycles. The lowest BCUT2D eigenvalue weighted by Gasteiger charge is -2.26. The van der Waals surface area contributed by atoms with Gasteiger partial charge in [-0.05, 0) is 32.1 Å². The zero-order chi connectivity index (χ0) is 63.8.